The van der Waals surface area contributed by atoms with Crippen molar-refractivity contribution >= 4 is 24.8 Å². The predicted octanol–water partition coefficient (Wildman–Crippen LogP) is 1.87. The van der Waals surface area contributed by atoms with Crippen LogP contribution in [0.2, 0.25) is 0 Å². The van der Waals surface area contributed by atoms with Crippen molar-refractivity contribution in [1.82, 2.24) is 15.1 Å². The summed E-state index contributed by atoms with van der Waals surface area (Å²) >= 11 is 0. The highest BCUT2D eigenvalue weighted by molar-refractivity contribution is 5.85. The van der Waals surface area contributed by atoms with E-state index in [1.54, 1.807) is 6.20 Å². The lowest BCUT2D eigenvalue weighted by atomic mass is 10.3. The van der Waals surface area contributed by atoms with E-state index in [0.29, 0.717) is 18.3 Å². The fourth-order valence-corrected chi connectivity index (χ4v) is 1.21. The Hall–Kier alpha value is -1.17. The highest BCUT2D eigenvalue weighted by Gasteiger charge is 2.08. The van der Waals surface area contributed by atoms with E-state index < -0.39 is 0 Å². The van der Waals surface area contributed by atoms with Crippen molar-refractivity contribution in [3.8, 4) is 11.5 Å². The summed E-state index contributed by atoms with van der Waals surface area (Å²) < 4.78 is 5.06. The number of nitrogens with two attached hydrogens (primary N) is 1. The van der Waals surface area contributed by atoms with Crippen LogP contribution in [0.25, 0.3) is 11.5 Å². The monoisotopic (exact) mass is 276 g/mol. The molecule has 2 aromatic rings. The maximum atomic E-state index is 5.39. The summed E-state index contributed by atoms with van der Waals surface area (Å²) in [7, 11) is 0. The Labute approximate surface area is 112 Å². The first-order chi connectivity index (χ1) is 7.40. The minimum atomic E-state index is 0. The molecule has 7 heteroatoms. The number of hydrogen-bond acceptors (Lipinski definition) is 5. The SMILES string of the molecule is Cl.Cl.NCCCc1nc(-c2ccccn2)no1. The molecule has 94 valence electrons. The van der Waals surface area contributed by atoms with E-state index in [1.807, 2.05) is 18.2 Å². The molecule has 17 heavy (non-hydrogen) atoms. The summed E-state index contributed by atoms with van der Waals surface area (Å²) in [6.45, 7) is 0.626. The maximum absolute atomic E-state index is 5.39. The molecule has 2 N–H and O–H groups in total. The van der Waals surface area contributed by atoms with Crippen LogP contribution in [-0.2, 0) is 6.42 Å². The quantitative estimate of drug-likeness (QED) is 0.923. The smallest absolute Gasteiger partial charge is 0.227 e. The van der Waals surface area contributed by atoms with Crippen LogP contribution >= 0.6 is 24.8 Å². The fraction of sp³-hybridized carbons (Fsp3) is 0.300. The lowest BCUT2D eigenvalue weighted by Crippen LogP contribution is -2.00. The standard InChI is InChI=1S/C10H12N4O.2ClH/c11-6-3-5-9-13-10(14-15-9)8-4-1-2-7-12-8;;/h1-2,4,7H,3,5-6,11H2;2*1H. The average Bonchev–Trinajstić information content (AvgIpc) is 2.76. The molecule has 0 radical (unpaired) electrons. The zero-order valence-electron chi connectivity index (χ0n) is 9.07. The Morgan fingerprint density at radius 3 is 2.71 bits per heavy atom. The number of pyridine rings is 1. The minimum absolute atomic E-state index is 0. The number of nitrogens with zero attached hydrogens (tertiary/aromatic N) is 3. The maximum Gasteiger partial charge on any atom is 0.227 e. The van der Waals surface area contributed by atoms with Gasteiger partial charge in [-0.3, -0.25) is 4.98 Å². The fourth-order valence-electron chi connectivity index (χ4n) is 1.21. The molecule has 0 bridgehead atoms. The van der Waals surface area contributed by atoms with Gasteiger partial charge in [0.25, 0.3) is 0 Å². The van der Waals surface area contributed by atoms with Crippen LogP contribution in [0.5, 0.6) is 0 Å². The van der Waals surface area contributed by atoms with E-state index in [0.717, 1.165) is 18.5 Å². The first-order valence-corrected chi connectivity index (χ1v) is 4.84. The highest BCUT2D eigenvalue weighted by atomic mass is 35.5. The van der Waals surface area contributed by atoms with Gasteiger partial charge in [0.1, 0.15) is 5.69 Å². The summed E-state index contributed by atoms with van der Waals surface area (Å²) in [5.74, 6) is 1.14. The summed E-state index contributed by atoms with van der Waals surface area (Å²) in [4.78, 5) is 8.36. The molecular formula is C10H14Cl2N4O. The number of hydrogen-bond donors (Lipinski definition) is 1. The van der Waals surface area contributed by atoms with E-state index >= 15 is 0 Å². The first kappa shape index (κ1) is 15.8. The topological polar surface area (TPSA) is 77.8 Å². The van der Waals surface area contributed by atoms with Gasteiger partial charge in [-0.2, -0.15) is 4.98 Å². The van der Waals surface area contributed by atoms with Crippen LogP contribution in [-0.4, -0.2) is 21.7 Å². The molecular weight excluding hydrogens is 263 g/mol. The van der Waals surface area contributed by atoms with E-state index in [2.05, 4.69) is 15.1 Å². The molecule has 0 aliphatic carbocycles. The van der Waals surface area contributed by atoms with Gasteiger partial charge in [-0.15, -0.1) is 24.8 Å². The second kappa shape index (κ2) is 8.00. The molecule has 0 fully saturated rings. The molecule has 0 saturated heterocycles. The van der Waals surface area contributed by atoms with Crippen molar-refractivity contribution in [2.75, 3.05) is 6.54 Å². The van der Waals surface area contributed by atoms with Crippen molar-refractivity contribution in [3.63, 3.8) is 0 Å². The van der Waals surface area contributed by atoms with Crippen LogP contribution in [0.15, 0.2) is 28.9 Å². The summed E-state index contributed by atoms with van der Waals surface area (Å²) in [5, 5.41) is 3.85. The van der Waals surface area contributed by atoms with Gasteiger partial charge in [-0.05, 0) is 25.1 Å². The number of aromatic nitrogens is 3. The average molecular weight is 277 g/mol. The molecule has 0 aliphatic heterocycles. The van der Waals surface area contributed by atoms with Gasteiger partial charge in [0.05, 0.1) is 0 Å². The Balaban J connectivity index is 0.00000128. The molecule has 5 nitrogen and oxygen atoms in total. The van der Waals surface area contributed by atoms with Gasteiger partial charge >= 0.3 is 0 Å². The third-order valence-corrected chi connectivity index (χ3v) is 1.96. The van der Waals surface area contributed by atoms with Crippen LogP contribution in [0, 0.1) is 0 Å². The summed E-state index contributed by atoms with van der Waals surface area (Å²) in [5.41, 5.74) is 6.11. The normalized spacial score (nSPS) is 9.24. The van der Waals surface area contributed by atoms with Crippen LogP contribution in [0.3, 0.4) is 0 Å². The molecule has 0 spiro atoms. The summed E-state index contributed by atoms with van der Waals surface area (Å²) in [6.07, 6.45) is 3.27. The second-order valence-corrected chi connectivity index (χ2v) is 3.12. The zero-order chi connectivity index (χ0) is 10.5. The third-order valence-electron chi connectivity index (χ3n) is 1.96. The molecule has 2 heterocycles. The van der Waals surface area contributed by atoms with Crippen LogP contribution < -0.4 is 5.73 Å². The highest BCUT2D eigenvalue weighted by Crippen LogP contribution is 2.12. The first-order valence-electron chi connectivity index (χ1n) is 4.84. The van der Waals surface area contributed by atoms with Gasteiger partial charge in [0.2, 0.25) is 11.7 Å². The molecule has 0 atom stereocenters. The van der Waals surface area contributed by atoms with Crippen molar-refractivity contribution in [3.05, 3.63) is 30.3 Å². The largest absolute Gasteiger partial charge is 0.339 e. The Morgan fingerprint density at radius 1 is 1.24 bits per heavy atom. The molecule has 2 aromatic heterocycles. The van der Waals surface area contributed by atoms with E-state index in [9.17, 15) is 0 Å². The van der Waals surface area contributed by atoms with Gasteiger partial charge in [0.15, 0.2) is 0 Å². The van der Waals surface area contributed by atoms with E-state index in [1.165, 1.54) is 0 Å². The van der Waals surface area contributed by atoms with Gasteiger partial charge in [-0.1, -0.05) is 11.2 Å². The van der Waals surface area contributed by atoms with Crippen molar-refractivity contribution in [2.45, 2.75) is 12.8 Å². The lowest BCUT2D eigenvalue weighted by Gasteiger charge is -1.90. The number of aryl methyl sites for hydroxylation is 1. The summed E-state index contributed by atoms with van der Waals surface area (Å²) in [6, 6.07) is 5.58. The Morgan fingerprint density at radius 2 is 2.06 bits per heavy atom. The Kier molecular flexibility index (Phi) is 7.45. The zero-order valence-corrected chi connectivity index (χ0v) is 10.7. The van der Waals surface area contributed by atoms with Crippen molar-refractivity contribution in [1.29, 1.82) is 0 Å². The molecule has 2 rings (SSSR count). The third kappa shape index (κ3) is 4.30. The number of halogens is 2. The van der Waals surface area contributed by atoms with E-state index in [4.69, 9.17) is 10.3 Å². The van der Waals surface area contributed by atoms with Gasteiger partial charge in [-0.25, -0.2) is 0 Å². The van der Waals surface area contributed by atoms with E-state index in [-0.39, 0.29) is 24.8 Å². The second-order valence-electron chi connectivity index (χ2n) is 3.12. The Bertz CT molecular complexity index is 421. The molecule has 0 aliphatic rings. The van der Waals surface area contributed by atoms with Gasteiger partial charge in [0, 0.05) is 12.6 Å². The molecule has 0 amide bonds. The molecule has 0 unspecified atom stereocenters. The predicted molar refractivity (Wildman–Crippen MR) is 69.4 cm³/mol. The van der Waals surface area contributed by atoms with Crippen molar-refractivity contribution < 1.29 is 4.52 Å². The molecule has 0 aromatic carbocycles. The minimum Gasteiger partial charge on any atom is -0.339 e. The molecule has 0 saturated carbocycles. The van der Waals surface area contributed by atoms with Crippen LogP contribution in [0.4, 0.5) is 0 Å². The number of rotatable bonds is 4. The van der Waals surface area contributed by atoms with Crippen molar-refractivity contribution in [2.24, 2.45) is 5.73 Å². The van der Waals surface area contributed by atoms with Gasteiger partial charge < -0.3 is 10.3 Å². The lowest BCUT2D eigenvalue weighted by molar-refractivity contribution is 0.376. The van der Waals surface area contributed by atoms with Crippen LogP contribution in [0.1, 0.15) is 12.3 Å².